The molecule has 0 amide bonds. The zero-order valence-electron chi connectivity index (χ0n) is 9.49. The van der Waals surface area contributed by atoms with Crippen LogP contribution in [0.15, 0.2) is 47.6 Å². The summed E-state index contributed by atoms with van der Waals surface area (Å²) in [5.74, 6) is 0. The van der Waals surface area contributed by atoms with Gasteiger partial charge in [-0.05, 0) is 39.0 Å². The van der Waals surface area contributed by atoms with Crippen LogP contribution in [0.3, 0.4) is 0 Å². The molecule has 0 aromatic carbocycles. The van der Waals surface area contributed by atoms with E-state index in [9.17, 15) is 0 Å². The Morgan fingerprint density at radius 3 is 2.73 bits per heavy atom. The number of hydrogen-bond acceptors (Lipinski definition) is 2. The van der Waals surface area contributed by atoms with Gasteiger partial charge >= 0.3 is 0 Å². The second-order valence-corrected chi connectivity index (χ2v) is 3.40. The molecule has 2 heteroatoms. The highest BCUT2D eigenvalue weighted by atomic mass is 14.8. The first-order valence-corrected chi connectivity index (χ1v) is 4.94. The zero-order valence-corrected chi connectivity index (χ0v) is 9.49. The Bertz CT molecular complexity index is 414. The van der Waals surface area contributed by atoms with Crippen molar-refractivity contribution in [3.8, 4) is 0 Å². The lowest BCUT2D eigenvalue weighted by Gasteiger charge is -2.02. The molecule has 0 bridgehead atoms. The summed E-state index contributed by atoms with van der Waals surface area (Å²) < 4.78 is 0. The Balaban J connectivity index is 3.15. The molecule has 1 aromatic rings. The smallest absolute Gasteiger partial charge is 0.0889 e. The number of hydrogen-bond donors (Lipinski definition) is 0. The third kappa shape index (κ3) is 3.50. The molecule has 0 aliphatic heterocycles. The number of rotatable bonds is 3. The summed E-state index contributed by atoms with van der Waals surface area (Å²) in [6.45, 7) is 9.58. The summed E-state index contributed by atoms with van der Waals surface area (Å²) in [5.41, 5.74) is 3.52. The van der Waals surface area contributed by atoms with Gasteiger partial charge in [-0.15, -0.1) is 0 Å². The molecular weight excluding hydrogens is 184 g/mol. The molecule has 15 heavy (non-hydrogen) atoms. The van der Waals surface area contributed by atoms with E-state index in [0.717, 1.165) is 22.8 Å². The average molecular weight is 200 g/mol. The molecule has 2 nitrogen and oxygen atoms in total. The van der Waals surface area contributed by atoms with Gasteiger partial charge in [0.2, 0.25) is 0 Å². The summed E-state index contributed by atoms with van der Waals surface area (Å²) in [4.78, 5) is 8.77. The van der Waals surface area contributed by atoms with E-state index >= 15 is 0 Å². The van der Waals surface area contributed by atoms with Crippen molar-refractivity contribution in [2.45, 2.75) is 20.8 Å². The van der Waals surface area contributed by atoms with Crippen LogP contribution in [0.1, 0.15) is 25.2 Å². The van der Waals surface area contributed by atoms with Gasteiger partial charge in [0.15, 0.2) is 0 Å². The Morgan fingerprint density at radius 2 is 2.20 bits per heavy atom. The molecule has 78 valence electrons. The molecule has 0 fully saturated rings. The molecule has 0 spiro atoms. The van der Waals surface area contributed by atoms with Crippen molar-refractivity contribution in [1.29, 1.82) is 0 Å². The molecule has 0 unspecified atom stereocenters. The van der Waals surface area contributed by atoms with Gasteiger partial charge in [0.1, 0.15) is 0 Å². The van der Waals surface area contributed by atoms with Crippen molar-refractivity contribution in [3.05, 3.63) is 54.0 Å². The monoisotopic (exact) mass is 200 g/mol. The van der Waals surface area contributed by atoms with Crippen LogP contribution in [0.2, 0.25) is 0 Å². The fourth-order valence-electron chi connectivity index (χ4n) is 1.23. The van der Waals surface area contributed by atoms with Crippen LogP contribution in [0.5, 0.6) is 0 Å². The molecule has 0 saturated heterocycles. The third-order valence-electron chi connectivity index (χ3n) is 1.79. The Morgan fingerprint density at radius 1 is 1.47 bits per heavy atom. The maximum atomic E-state index is 4.42. The van der Waals surface area contributed by atoms with Crippen LogP contribution in [-0.4, -0.2) is 10.7 Å². The highest BCUT2D eigenvalue weighted by Crippen LogP contribution is 2.04. The zero-order chi connectivity index (χ0) is 11.3. The van der Waals surface area contributed by atoms with Gasteiger partial charge in [-0.1, -0.05) is 18.7 Å². The lowest BCUT2D eigenvalue weighted by atomic mass is 10.2. The van der Waals surface area contributed by atoms with E-state index < -0.39 is 0 Å². The normalized spacial score (nSPS) is 12.1. The van der Waals surface area contributed by atoms with Gasteiger partial charge in [0, 0.05) is 11.4 Å². The highest BCUT2D eigenvalue weighted by Gasteiger charge is 2.00. The van der Waals surface area contributed by atoms with Gasteiger partial charge in [0.05, 0.1) is 11.4 Å². The van der Waals surface area contributed by atoms with E-state index in [2.05, 4.69) is 16.6 Å². The van der Waals surface area contributed by atoms with Crippen LogP contribution in [0.4, 0.5) is 0 Å². The number of nitrogens with zero attached hydrogens (tertiary/aromatic N) is 2. The minimum Gasteiger partial charge on any atom is -0.252 e. The molecule has 0 aliphatic carbocycles. The van der Waals surface area contributed by atoms with Gasteiger partial charge in [0.25, 0.3) is 0 Å². The fraction of sp³-hybridized carbons (Fsp3) is 0.231. The lowest BCUT2D eigenvalue weighted by molar-refractivity contribution is 1.17. The molecule has 0 saturated carbocycles. The maximum Gasteiger partial charge on any atom is 0.0889 e. The Labute approximate surface area is 91.1 Å². The van der Waals surface area contributed by atoms with E-state index in [1.165, 1.54) is 0 Å². The van der Waals surface area contributed by atoms with Crippen molar-refractivity contribution in [1.82, 2.24) is 4.98 Å². The molecule has 1 rings (SSSR count). The molecule has 0 atom stereocenters. The first kappa shape index (κ1) is 11.4. The van der Waals surface area contributed by atoms with Crippen molar-refractivity contribution in [3.63, 3.8) is 0 Å². The predicted octanol–water partition coefficient (Wildman–Crippen LogP) is 3.29. The topological polar surface area (TPSA) is 25.2 Å². The minimum absolute atomic E-state index is 0.784. The van der Waals surface area contributed by atoms with Crippen LogP contribution in [0.25, 0.3) is 0 Å². The maximum absolute atomic E-state index is 4.42. The number of aliphatic imine (C=N–C) groups is 1. The minimum atomic E-state index is 0.784. The first-order chi connectivity index (χ1) is 7.13. The SMILES string of the molecule is C=C(C)N=C(/C=C\C)c1cccc(C)n1. The van der Waals surface area contributed by atoms with Gasteiger partial charge < -0.3 is 0 Å². The van der Waals surface area contributed by atoms with Crippen LogP contribution in [0, 0.1) is 6.92 Å². The molecular formula is C13H16N2. The standard InChI is InChI=1S/C13H16N2/c1-5-7-12(14-10(2)3)13-9-6-8-11(4)15-13/h5-9H,2H2,1,3-4H3/b7-5-,14-12?. The largest absolute Gasteiger partial charge is 0.252 e. The van der Waals surface area contributed by atoms with Crippen molar-refractivity contribution in [2.24, 2.45) is 4.99 Å². The van der Waals surface area contributed by atoms with Crippen LogP contribution in [-0.2, 0) is 0 Å². The fourth-order valence-corrected chi connectivity index (χ4v) is 1.23. The predicted molar refractivity (Wildman–Crippen MR) is 65.1 cm³/mol. The van der Waals surface area contributed by atoms with Gasteiger partial charge in [-0.2, -0.15) is 0 Å². The highest BCUT2D eigenvalue weighted by molar-refractivity contribution is 6.07. The lowest BCUT2D eigenvalue weighted by Crippen LogP contribution is -2.01. The summed E-state index contributed by atoms with van der Waals surface area (Å²) in [6, 6.07) is 5.90. The molecule has 0 N–H and O–H groups in total. The molecule has 1 heterocycles. The summed E-state index contributed by atoms with van der Waals surface area (Å²) in [6.07, 6.45) is 3.89. The summed E-state index contributed by atoms with van der Waals surface area (Å²) >= 11 is 0. The number of allylic oxidation sites excluding steroid dienone is 3. The van der Waals surface area contributed by atoms with Crippen molar-refractivity contribution >= 4 is 5.71 Å². The number of aryl methyl sites for hydroxylation is 1. The van der Waals surface area contributed by atoms with E-state index in [0.29, 0.717) is 0 Å². The van der Waals surface area contributed by atoms with Crippen LogP contribution >= 0.6 is 0 Å². The van der Waals surface area contributed by atoms with E-state index in [1.807, 2.05) is 51.1 Å². The average Bonchev–Trinajstić information content (AvgIpc) is 2.16. The first-order valence-electron chi connectivity index (χ1n) is 4.94. The van der Waals surface area contributed by atoms with E-state index in [4.69, 9.17) is 0 Å². The number of aromatic nitrogens is 1. The van der Waals surface area contributed by atoms with Crippen molar-refractivity contribution in [2.75, 3.05) is 0 Å². The second-order valence-electron chi connectivity index (χ2n) is 3.40. The Hall–Kier alpha value is -1.70. The molecule has 1 aromatic heterocycles. The second kappa shape index (κ2) is 5.25. The third-order valence-corrected chi connectivity index (χ3v) is 1.79. The van der Waals surface area contributed by atoms with E-state index in [-0.39, 0.29) is 0 Å². The number of pyridine rings is 1. The van der Waals surface area contributed by atoms with Gasteiger partial charge in [-0.3, -0.25) is 9.98 Å². The van der Waals surface area contributed by atoms with Crippen molar-refractivity contribution < 1.29 is 0 Å². The molecule has 0 radical (unpaired) electrons. The molecule has 0 aliphatic rings. The summed E-state index contributed by atoms with van der Waals surface area (Å²) in [7, 11) is 0. The van der Waals surface area contributed by atoms with Crippen LogP contribution < -0.4 is 0 Å². The van der Waals surface area contributed by atoms with Gasteiger partial charge in [-0.25, -0.2) is 0 Å². The quantitative estimate of drug-likeness (QED) is 0.687. The summed E-state index contributed by atoms with van der Waals surface area (Å²) in [5, 5.41) is 0. The van der Waals surface area contributed by atoms with E-state index in [1.54, 1.807) is 0 Å². The Kier molecular flexibility index (Phi) is 3.98.